The fourth-order valence-corrected chi connectivity index (χ4v) is 4.04. The average molecular weight is 437 g/mol. The smallest absolute Gasteiger partial charge is 0.225 e. The number of rotatable bonds is 6. The van der Waals surface area contributed by atoms with Gasteiger partial charge in [-0.15, -0.1) is 0 Å². The Bertz CT molecular complexity index is 650. The molecule has 0 radical (unpaired) electrons. The standard InChI is InChI=1S/C21H33BrN4O/c1-5-16(6-2)20(27)26-11-9-19(10-12-26)25-21(23-4)24-14-17-7-8-18(22)13-15(17)3/h7-8,13,16,19H,5-6,9-12,14H2,1-4H3,(H2,23,24,25). The summed E-state index contributed by atoms with van der Waals surface area (Å²) in [4.78, 5) is 18.9. The molecule has 1 saturated heterocycles. The number of benzene rings is 1. The Kier molecular flexibility index (Phi) is 8.61. The molecule has 1 aliphatic rings. The first-order valence-electron chi connectivity index (χ1n) is 9.99. The molecule has 2 N–H and O–H groups in total. The highest BCUT2D eigenvalue weighted by Crippen LogP contribution is 2.18. The molecule has 0 bridgehead atoms. The summed E-state index contributed by atoms with van der Waals surface area (Å²) in [6, 6.07) is 6.67. The van der Waals surface area contributed by atoms with Crippen LogP contribution in [-0.4, -0.2) is 42.9 Å². The summed E-state index contributed by atoms with van der Waals surface area (Å²) >= 11 is 3.50. The largest absolute Gasteiger partial charge is 0.354 e. The molecule has 0 spiro atoms. The lowest BCUT2D eigenvalue weighted by Gasteiger charge is -2.34. The molecule has 2 rings (SSSR count). The van der Waals surface area contributed by atoms with Crippen molar-refractivity contribution < 1.29 is 4.79 Å². The van der Waals surface area contributed by atoms with Gasteiger partial charge in [0.25, 0.3) is 0 Å². The van der Waals surface area contributed by atoms with Crippen LogP contribution in [0.2, 0.25) is 0 Å². The number of hydrogen-bond donors (Lipinski definition) is 2. The number of carbonyl (C=O) groups excluding carboxylic acids is 1. The maximum atomic E-state index is 12.5. The van der Waals surface area contributed by atoms with Crippen LogP contribution in [0.4, 0.5) is 0 Å². The molecule has 1 amide bonds. The lowest BCUT2D eigenvalue weighted by Crippen LogP contribution is -2.50. The molecular weight excluding hydrogens is 404 g/mol. The highest BCUT2D eigenvalue weighted by molar-refractivity contribution is 9.10. The van der Waals surface area contributed by atoms with Crippen LogP contribution in [0.1, 0.15) is 50.7 Å². The molecule has 0 unspecified atom stereocenters. The monoisotopic (exact) mass is 436 g/mol. The fourth-order valence-electron chi connectivity index (χ4n) is 3.56. The van der Waals surface area contributed by atoms with Crippen molar-refractivity contribution in [2.75, 3.05) is 20.1 Å². The Labute approximate surface area is 172 Å². The van der Waals surface area contributed by atoms with Crippen molar-refractivity contribution >= 4 is 27.8 Å². The number of amides is 1. The zero-order valence-corrected chi connectivity index (χ0v) is 18.6. The summed E-state index contributed by atoms with van der Waals surface area (Å²) in [5.41, 5.74) is 2.51. The van der Waals surface area contributed by atoms with E-state index in [1.165, 1.54) is 11.1 Å². The van der Waals surface area contributed by atoms with E-state index >= 15 is 0 Å². The molecule has 0 aromatic heterocycles. The highest BCUT2D eigenvalue weighted by Gasteiger charge is 2.26. The van der Waals surface area contributed by atoms with Crippen molar-refractivity contribution in [1.29, 1.82) is 0 Å². The van der Waals surface area contributed by atoms with Crippen LogP contribution in [0.3, 0.4) is 0 Å². The molecule has 150 valence electrons. The van der Waals surface area contributed by atoms with Crippen LogP contribution >= 0.6 is 15.9 Å². The van der Waals surface area contributed by atoms with Gasteiger partial charge in [0.05, 0.1) is 0 Å². The van der Waals surface area contributed by atoms with E-state index in [1.54, 1.807) is 7.05 Å². The van der Waals surface area contributed by atoms with Crippen LogP contribution in [0.15, 0.2) is 27.7 Å². The van der Waals surface area contributed by atoms with E-state index in [2.05, 4.69) is 70.5 Å². The summed E-state index contributed by atoms with van der Waals surface area (Å²) in [6.45, 7) is 8.72. The zero-order valence-electron chi connectivity index (χ0n) is 17.0. The lowest BCUT2D eigenvalue weighted by molar-refractivity contribution is -0.136. The van der Waals surface area contributed by atoms with Crippen molar-refractivity contribution in [3.05, 3.63) is 33.8 Å². The summed E-state index contributed by atoms with van der Waals surface area (Å²) in [5.74, 6) is 1.33. The second-order valence-electron chi connectivity index (χ2n) is 7.25. The van der Waals surface area contributed by atoms with Gasteiger partial charge in [-0.1, -0.05) is 35.8 Å². The number of aliphatic imine (C=N–C) groups is 1. The summed E-state index contributed by atoms with van der Waals surface area (Å²) in [7, 11) is 1.80. The molecule has 0 saturated carbocycles. The number of likely N-dealkylation sites (tertiary alicyclic amines) is 1. The van der Waals surface area contributed by atoms with Crippen LogP contribution in [0, 0.1) is 12.8 Å². The average Bonchev–Trinajstić information content (AvgIpc) is 2.67. The Balaban J connectivity index is 1.81. The third-order valence-electron chi connectivity index (χ3n) is 5.46. The summed E-state index contributed by atoms with van der Waals surface area (Å²) < 4.78 is 1.10. The van der Waals surface area contributed by atoms with Gasteiger partial charge in [-0.3, -0.25) is 9.79 Å². The van der Waals surface area contributed by atoms with E-state index in [0.29, 0.717) is 11.9 Å². The van der Waals surface area contributed by atoms with E-state index < -0.39 is 0 Å². The number of aryl methyl sites for hydroxylation is 1. The predicted molar refractivity (Wildman–Crippen MR) is 116 cm³/mol. The normalized spacial score (nSPS) is 15.9. The first kappa shape index (κ1) is 21.7. The van der Waals surface area contributed by atoms with Crippen molar-refractivity contribution in [1.82, 2.24) is 15.5 Å². The number of carbonyl (C=O) groups is 1. The van der Waals surface area contributed by atoms with Crippen molar-refractivity contribution in [3.8, 4) is 0 Å². The minimum atomic E-state index is 0.179. The van der Waals surface area contributed by atoms with Gasteiger partial charge in [-0.25, -0.2) is 0 Å². The topological polar surface area (TPSA) is 56.7 Å². The van der Waals surface area contributed by atoms with Gasteiger partial charge in [0.1, 0.15) is 0 Å². The van der Waals surface area contributed by atoms with E-state index in [-0.39, 0.29) is 5.92 Å². The van der Waals surface area contributed by atoms with Gasteiger partial charge >= 0.3 is 0 Å². The third kappa shape index (κ3) is 6.23. The quantitative estimate of drug-likeness (QED) is 0.525. The van der Waals surface area contributed by atoms with Gasteiger partial charge in [-0.2, -0.15) is 0 Å². The second-order valence-corrected chi connectivity index (χ2v) is 8.17. The van der Waals surface area contributed by atoms with Crippen LogP contribution in [0.25, 0.3) is 0 Å². The molecule has 0 atom stereocenters. The molecule has 1 aliphatic heterocycles. The Morgan fingerprint density at radius 3 is 2.52 bits per heavy atom. The SMILES string of the molecule is CCC(CC)C(=O)N1CCC(NC(=NC)NCc2ccc(Br)cc2C)CC1. The number of nitrogens with zero attached hydrogens (tertiary/aromatic N) is 2. The molecule has 0 aliphatic carbocycles. The Hall–Kier alpha value is -1.56. The fraction of sp³-hybridized carbons (Fsp3) is 0.619. The van der Waals surface area contributed by atoms with Crippen molar-refractivity contribution in [2.24, 2.45) is 10.9 Å². The van der Waals surface area contributed by atoms with Gasteiger partial charge in [0, 0.05) is 43.1 Å². The maximum Gasteiger partial charge on any atom is 0.225 e. The molecule has 1 aromatic rings. The van der Waals surface area contributed by atoms with Gasteiger partial charge in [0.15, 0.2) is 5.96 Å². The van der Waals surface area contributed by atoms with Crippen LogP contribution < -0.4 is 10.6 Å². The summed E-state index contributed by atoms with van der Waals surface area (Å²) in [6.07, 6.45) is 3.78. The van der Waals surface area contributed by atoms with Gasteiger partial charge < -0.3 is 15.5 Å². The minimum Gasteiger partial charge on any atom is -0.354 e. The van der Waals surface area contributed by atoms with Crippen molar-refractivity contribution in [3.63, 3.8) is 0 Å². The van der Waals surface area contributed by atoms with Crippen LogP contribution in [-0.2, 0) is 11.3 Å². The molecular formula is C21H33BrN4O. The Morgan fingerprint density at radius 2 is 1.96 bits per heavy atom. The predicted octanol–water partition coefficient (Wildman–Crippen LogP) is 3.85. The first-order chi connectivity index (χ1) is 13.0. The number of hydrogen-bond acceptors (Lipinski definition) is 2. The molecule has 5 nitrogen and oxygen atoms in total. The number of piperidine rings is 1. The molecule has 1 aromatic carbocycles. The minimum absolute atomic E-state index is 0.179. The highest BCUT2D eigenvalue weighted by atomic mass is 79.9. The zero-order chi connectivity index (χ0) is 19.8. The summed E-state index contributed by atoms with van der Waals surface area (Å²) in [5, 5.41) is 6.92. The molecule has 1 heterocycles. The first-order valence-corrected chi connectivity index (χ1v) is 10.8. The maximum absolute atomic E-state index is 12.5. The Morgan fingerprint density at radius 1 is 1.30 bits per heavy atom. The van der Waals surface area contributed by atoms with Crippen molar-refractivity contribution in [2.45, 2.75) is 59.0 Å². The van der Waals surface area contributed by atoms with Crippen LogP contribution in [0.5, 0.6) is 0 Å². The van der Waals surface area contributed by atoms with E-state index in [0.717, 1.165) is 55.7 Å². The van der Waals surface area contributed by atoms with E-state index in [1.807, 2.05) is 4.90 Å². The number of guanidine groups is 1. The van der Waals surface area contributed by atoms with E-state index in [9.17, 15) is 4.79 Å². The lowest BCUT2D eigenvalue weighted by atomic mass is 9.98. The number of halogens is 1. The number of nitrogens with one attached hydrogen (secondary N) is 2. The van der Waals surface area contributed by atoms with E-state index in [4.69, 9.17) is 0 Å². The molecule has 6 heteroatoms. The molecule has 27 heavy (non-hydrogen) atoms. The van der Waals surface area contributed by atoms with Gasteiger partial charge in [-0.05, 0) is 55.9 Å². The second kappa shape index (κ2) is 10.7. The van der Waals surface area contributed by atoms with Gasteiger partial charge in [0.2, 0.25) is 5.91 Å². The third-order valence-corrected chi connectivity index (χ3v) is 5.95. The molecule has 1 fully saturated rings.